The van der Waals surface area contributed by atoms with Crippen LogP contribution >= 0.6 is 0 Å². The summed E-state index contributed by atoms with van der Waals surface area (Å²) in [6.45, 7) is 17.8. The Kier molecular flexibility index (Phi) is 6.94. The van der Waals surface area contributed by atoms with Crippen molar-refractivity contribution in [3.63, 3.8) is 0 Å². The van der Waals surface area contributed by atoms with E-state index in [2.05, 4.69) is 45.3 Å². The highest BCUT2D eigenvalue weighted by atomic mass is 16.6. The van der Waals surface area contributed by atoms with Gasteiger partial charge in [0.2, 0.25) is 0 Å². The molecule has 4 heteroatoms. The predicted molar refractivity (Wildman–Crippen MR) is 96.6 cm³/mol. The number of alkyl carbamates (subject to hydrolysis) is 1. The third-order valence-electron chi connectivity index (χ3n) is 4.43. The van der Waals surface area contributed by atoms with E-state index in [1.54, 1.807) is 0 Å². The van der Waals surface area contributed by atoms with Crippen LogP contribution in [-0.2, 0) is 4.74 Å². The summed E-state index contributed by atoms with van der Waals surface area (Å²) >= 11 is 0. The summed E-state index contributed by atoms with van der Waals surface area (Å²) in [7, 11) is 0. The van der Waals surface area contributed by atoms with Crippen molar-refractivity contribution in [3.05, 3.63) is 0 Å². The zero-order valence-corrected chi connectivity index (χ0v) is 16.5. The Morgan fingerprint density at radius 2 is 1.87 bits per heavy atom. The highest BCUT2D eigenvalue weighted by Gasteiger charge is 2.37. The fourth-order valence-electron chi connectivity index (χ4n) is 3.72. The van der Waals surface area contributed by atoms with Crippen LogP contribution in [-0.4, -0.2) is 30.3 Å². The van der Waals surface area contributed by atoms with Gasteiger partial charge in [0.15, 0.2) is 0 Å². The van der Waals surface area contributed by atoms with E-state index in [1.165, 1.54) is 12.8 Å². The normalized spacial score (nSPS) is 25.4. The van der Waals surface area contributed by atoms with Gasteiger partial charge in [-0.2, -0.15) is 0 Å². The number of rotatable bonds is 6. The van der Waals surface area contributed by atoms with E-state index in [-0.39, 0.29) is 6.09 Å². The maximum absolute atomic E-state index is 11.9. The van der Waals surface area contributed by atoms with Gasteiger partial charge in [-0.25, -0.2) is 4.79 Å². The van der Waals surface area contributed by atoms with E-state index in [9.17, 15) is 4.79 Å². The summed E-state index contributed by atoms with van der Waals surface area (Å²) in [5.74, 6) is 1.28. The number of amides is 1. The van der Waals surface area contributed by atoms with E-state index in [0.717, 1.165) is 6.42 Å². The van der Waals surface area contributed by atoms with Crippen LogP contribution < -0.4 is 10.6 Å². The van der Waals surface area contributed by atoms with Gasteiger partial charge in [0.25, 0.3) is 0 Å². The van der Waals surface area contributed by atoms with Gasteiger partial charge < -0.3 is 15.4 Å². The van der Waals surface area contributed by atoms with Gasteiger partial charge in [-0.05, 0) is 57.3 Å². The second-order valence-corrected chi connectivity index (χ2v) is 9.53. The van der Waals surface area contributed by atoms with Crippen molar-refractivity contribution in [1.29, 1.82) is 0 Å². The number of hydrogen-bond donors (Lipinski definition) is 2. The summed E-state index contributed by atoms with van der Waals surface area (Å²) in [6.07, 6.45) is 3.19. The lowest BCUT2D eigenvalue weighted by molar-refractivity contribution is 0.0519. The Hall–Kier alpha value is -0.770. The minimum atomic E-state index is -0.449. The van der Waals surface area contributed by atoms with Crippen molar-refractivity contribution in [3.8, 4) is 0 Å². The molecule has 136 valence electrons. The van der Waals surface area contributed by atoms with Crippen LogP contribution in [0.1, 0.15) is 74.7 Å². The van der Waals surface area contributed by atoms with Crippen molar-refractivity contribution in [2.24, 2.45) is 17.3 Å². The first-order chi connectivity index (χ1) is 10.4. The van der Waals surface area contributed by atoms with E-state index in [4.69, 9.17) is 4.74 Å². The Morgan fingerprint density at radius 1 is 1.26 bits per heavy atom. The molecule has 2 N–H and O–H groups in total. The van der Waals surface area contributed by atoms with E-state index in [1.807, 2.05) is 20.8 Å². The molecule has 0 aromatic rings. The van der Waals surface area contributed by atoms with Gasteiger partial charge in [0, 0.05) is 18.6 Å². The van der Waals surface area contributed by atoms with Gasteiger partial charge in [-0.3, -0.25) is 0 Å². The SMILES string of the molecule is CC(C)CC(CNC(=O)OC(C)(C)C)NC1CC(C)(C)CC1C. The lowest BCUT2D eigenvalue weighted by Crippen LogP contribution is -2.48. The molecule has 1 aliphatic rings. The lowest BCUT2D eigenvalue weighted by atomic mass is 9.91. The molecule has 23 heavy (non-hydrogen) atoms. The summed E-state index contributed by atoms with van der Waals surface area (Å²) in [5.41, 5.74) is -0.0346. The fourth-order valence-corrected chi connectivity index (χ4v) is 3.72. The van der Waals surface area contributed by atoms with Crippen molar-refractivity contribution in [1.82, 2.24) is 10.6 Å². The van der Waals surface area contributed by atoms with Gasteiger partial charge in [0.1, 0.15) is 5.60 Å². The van der Waals surface area contributed by atoms with Gasteiger partial charge in [-0.1, -0.05) is 34.6 Å². The molecule has 0 aromatic heterocycles. The molecule has 1 saturated carbocycles. The Morgan fingerprint density at radius 3 is 2.30 bits per heavy atom. The fraction of sp³-hybridized carbons (Fsp3) is 0.947. The molecule has 1 amide bonds. The molecule has 0 aliphatic heterocycles. The summed E-state index contributed by atoms with van der Waals surface area (Å²) in [6, 6.07) is 0.832. The van der Waals surface area contributed by atoms with Gasteiger partial charge in [-0.15, -0.1) is 0 Å². The van der Waals surface area contributed by atoms with Crippen molar-refractivity contribution >= 4 is 6.09 Å². The molecule has 0 aromatic carbocycles. The smallest absolute Gasteiger partial charge is 0.407 e. The van der Waals surface area contributed by atoms with Crippen LogP contribution in [0.4, 0.5) is 4.79 Å². The summed E-state index contributed by atoms with van der Waals surface area (Å²) in [4.78, 5) is 11.9. The molecular weight excluding hydrogens is 288 g/mol. The van der Waals surface area contributed by atoms with Crippen LogP contribution in [0.3, 0.4) is 0 Å². The molecule has 1 fully saturated rings. The van der Waals surface area contributed by atoms with E-state index < -0.39 is 5.60 Å². The van der Waals surface area contributed by atoms with Crippen LogP contribution in [0, 0.1) is 17.3 Å². The van der Waals surface area contributed by atoms with Crippen molar-refractivity contribution in [2.75, 3.05) is 6.54 Å². The number of ether oxygens (including phenoxy) is 1. The topological polar surface area (TPSA) is 50.4 Å². The van der Waals surface area contributed by atoms with E-state index in [0.29, 0.717) is 35.9 Å². The predicted octanol–water partition coefficient (Wildman–Crippen LogP) is 4.34. The van der Waals surface area contributed by atoms with Gasteiger partial charge in [0.05, 0.1) is 0 Å². The monoisotopic (exact) mass is 326 g/mol. The molecular formula is C19H38N2O2. The van der Waals surface area contributed by atoms with Crippen molar-refractivity contribution in [2.45, 2.75) is 92.3 Å². The molecule has 0 heterocycles. The minimum absolute atomic E-state index is 0.295. The molecule has 0 spiro atoms. The number of hydrogen-bond acceptors (Lipinski definition) is 3. The third-order valence-corrected chi connectivity index (χ3v) is 4.43. The molecule has 1 aliphatic carbocycles. The maximum atomic E-state index is 11.9. The van der Waals surface area contributed by atoms with Crippen LogP contribution in [0.5, 0.6) is 0 Å². The van der Waals surface area contributed by atoms with E-state index >= 15 is 0 Å². The average molecular weight is 327 g/mol. The molecule has 0 bridgehead atoms. The highest BCUT2D eigenvalue weighted by Crippen LogP contribution is 2.41. The Labute approximate surface area is 143 Å². The van der Waals surface area contributed by atoms with Crippen LogP contribution in [0.2, 0.25) is 0 Å². The van der Waals surface area contributed by atoms with Gasteiger partial charge >= 0.3 is 6.09 Å². The number of nitrogens with one attached hydrogen (secondary N) is 2. The largest absolute Gasteiger partial charge is 0.444 e. The molecule has 0 saturated heterocycles. The van der Waals surface area contributed by atoms with Crippen LogP contribution in [0.15, 0.2) is 0 Å². The summed E-state index contributed by atoms with van der Waals surface area (Å²) in [5, 5.41) is 6.73. The maximum Gasteiger partial charge on any atom is 0.407 e. The number of carbonyl (C=O) groups is 1. The average Bonchev–Trinajstić information content (AvgIpc) is 2.56. The Bertz CT molecular complexity index is 385. The molecule has 3 atom stereocenters. The first kappa shape index (κ1) is 20.3. The molecule has 3 unspecified atom stereocenters. The second kappa shape index (κ2) is 7.87. The minimum Gasteiger partial charge on any atom is -0.444 e. The first-order valence-electron chi connectivity index (χ1n) is 9.11. The highest BCUT2D eigenvalue weighted by molar-refractivity contribution is 5.67. The second-order valence-electron chi connectivity index (χ2n) is 9.53. The quantitative estimate of drug-likeness (QED) is 0.763. The molecule has 4 nitrogen and oxygen atoms in total. The number of carbonyl (C=O) groups excluding carboxylic acids is 1. The molecule has 0 radical (unpaired) electrons. The molecule has 1 rings (SSSR count). The first-order valence-corrected chi connectivity index (χ1v) is 9.11. The lowest BCUT2D eigenvalue weighted by Gasteiger charge is -2.28. The zero-order valence-electron chi connectivity index (χ0n) is 16.5. The third kappa shape index (κ3) is 8.05. The Balaban J connectivity index is 2.54. The van der Waals surface area contributed by atoms with Crippen molar-refractivity contribution < 1.29 is 9.53 Å². The van der Waals surface area contributed by atoms with Crippen LogP contribution in [0.25, 0.3) is 0 Å². The summed E-state index contributed by atoms with van der Waals surface area (Å²) < 4.78 is 5.34. The standard InChI is InChI=1S/C19H38N2O2/c1-13(2)9-15(12-20-17(22)23-18(4,5)6)21-16-11-19(7,8)10-14(16)3/h13-16,21H,9-12H2,1-8H3,(H,20,22). The zero-order chi connectivity index (χ0) is 17.8.